The van der Waals surface area contributed by atoms with Crippen molar-refractivity contribution in [3.8, 4) is 0 Å². The molecule has 0 amide bonds. The van der Waals surface area contributed by atoms with Crippen molar-refractivity contribution in [3.05, 3.63) is 29.8 Å². The SMILES string of the molecule is CS(=O)(=O)c1ccc([C@@H](N)CN)cc1. The lowest BCUT2D eigenvalue weighted by atomic mass is 10.1. The molecule has 0 aliphatic carbocycles. The molecule has 0 saturated carbocycles. The quantitative estimate of drug-likeness (QED) is 0.744. The Morgan fingerprint density at radius 1 is 1.29 bits per heavy atom. The predicted octanol–water partition coefficient (Wildman–Crippen LogP) is 0.0486. The third kappa shape index (κ3) is 2.54. The van der Waals surface area contributed by atoms with Crippen molar-refractivity contribution in [2.45, 2.75) is 10.9 Å². The van der Waals surface area contributed by atoms with Gasteiger partial charge < -0.3 is 11.5 Å². The van der Waals surface area contributed by atoms with Gasteiger partial charge in [-0.3, -0.25) is 0 Å². The van der Waals surface area contributed by atoms with E-state index < -0.39 is 9.84 Å². The van der Waals surface area contributed by atoms with Gasteiger partial charge in [-0.1, -0.05) is 12.1 Å². The highest BCUT2D eigenvalue weighted by molar-refractivity contribution is 7.90. The van der Waals surface area contributed by atoms with Gasteiger partial charge >= 0.3 is 0 Å². The molecule has 0 fully saturated rings. The van der Waals surface area contributed by atoms with Gasteiger partial charge in [0.1, 0.15) is 0 Å². The number of nitrogens with two attached hydrogens (primary N) is 2. The molecule has 78 valence electrons. The molecule has 0 unspecified atom stereocenters. The van der Waals surface area contributed by atoms with Gasteiger partial charge in [0.15, 0.2) is 9.84 Å². The van der Waals surface area contributed by atoms with E-state index in [-0.39, 0.29) is 6.04 Å². The molecule has 14 heavy (non-hydrogen) atoms. The molecule has 1 aromatic carbocycles. The standard InChI is InChI=1S/C9H14N2O2S/c1-14(12,13)8-4-2-7(3-5-8)9(11)6-10/h2-5,9H,6,10-11H2,1H3/t9-/m0/s1. The van der Waals surface area contributed by atoms with E-state index in [4.69, 9.17) is 11.5 Å². The van der Waals surface area contributed by atoms with Crippen molar-refractivity contribution in [2.75, 3.05) is 12.8 Å². The Kier molecular flexibility index (Phi) is 3.25. The van der Waals surface area contributed by atoms with Crippen LogP contribution in [0.25, 0.3) is 0 Å². The minimum Gasteiger partial charge on any atom is -0.329 e. The number of sulfone groups is 1. The van der Waals surface area contributed by atoms with Crippen LogP contribution in [0.1, 0.15) is 11.6 Å². The molecule has 0 heterocycles. The summed E-state index contributed by atoms with van der Waals surface area (Å²) in [7, 11) is -3.12. The van der Waals surface area contributed by atoms with Crippen LogP contribution < -0.4 is 11.5 Å². The fraction of sp³-hybridized carbons (Fsp3) is 0.333. The molecule has 0 saturated heterocycles. The first-order valence-electron chi connectivity index (χ1n) is 4.21. The lowest BCUT2D eigenvalue weighted by Gasteiger charge is -2.08. The molecular formula is C9H14N2O2S. The number of rotatable bonds is 3. The largest absolute Gasteiger partial charge is 0.329 e. The number of benzene rings is 1. The lowest BCUT2D eigenvalue weighted by Crippen LogP contribution is -2.20. The summed E-state index contributed by atoms with van der Waals surface area (Å²) in [5.41, 5.74) is 11.9. The van der Waals surface area contributed by atoms with Crippen LogP contribution in [0.2, 0.25) is 0 Å². The zero-order valence-corrected chi connectivity index (χ0v) is 8.79. The third-order valence-corrected chi connectivity index (χ3v) is 3.12. The van der Waals surface area contributed by atoms with Crippen LogP contribution in [-0.2, 0) is 9.84 Å². The Morgan fingerprint density at radius 2 is 1.79 bits per heavy atom. The molecular weight excluding hydrogens is 200 g/mol. The smallest absolute Gasteiger partial charge is 0.175 e. The van der Waals surface area contributed by atoms with Gasteiger partial charge in [-0.05, 0) is 17.7 Å². The topological polar surface area (TPSA) is 86.2 Å². The molecule has 0 aliphatic heterocycles. The predicted molar refractivity (Wildman–Crippen MR) is 55.5 cm³/mol. The lowest BCUT2D eigenvalue weighted by molar-refractivity contribution is 0.601. The van der Waals surface area contributed by atoms with Gasteiger partial charge in [0.2, 0.25) is 0 Å². The molecule has 1 atom stereocenters. The maximum absolute atomic E-state index is 11.1. The van der Waals surface area contributed by atoms with E-state index in [1.54, 1.807) is 24.3 Å². The number of hydrogen-bond donors (Lipinski definition) is 2. The van der Waals surface area contributed by atoms with Gasteiger partial charge in [-0.25, -0.2) is 8.42 Å². The van der Waals surface area contributed by atoms with Crippen LogP contribution in [0.3, 0.4) is 0 Å². The Morgan fingerprint density at radius 3 is 2.14 bits per heavy atom. The van der Waals surface area contributed by atoms with Crippen LogP contribution in [-0.4, -0.2) is 21.2 Å². The van der Waals surface area contributed by atoms with E-state index in [1.165, 1.54) is 6.26 Å². The first kappa shape index (κ1) is 11.2. The van der Waals surface area contributed by atoms with E-state index >= 15 is 0 Å². The third-order valence-electron chi connectivity index (χ3n) is 1.99. The minimum atomic E-state index is -3.12. The molecule has 0 spiro atoms. The van der Waals surface area contributed by atoms with Crippen LogP contribution in [0, 0.1) is 0 Å². The van der Waals surface area contributed by atoms with Crippen molar-refractivity contribution in [1.29, 1.82) is 0 Å². The van der Waals surface area contributed by atoms with Crippen LogP contribution >= 0.6 is 0 Å². The van der Waals surface area contributed by atoms with Crippen LogP contribution in [0.4, 0.5) is 0 Å². The Labute approximate surface area is 83.8 Å². The monoisotopic (exact) mass is 214 g/mol. The Balaban J connectivity index is 3.01. The summed E-state index contributed by atoms with van der Waals surface area (Å²) in [6, 6.07) is 6.23. The molecule has 0 aromatic heterocycles. The van der Waals surface area contributed by atoms with Crippen molar-refractivity contribution >= 4 is 9.84 Å². The second kappa shape index (κ2) is 4.08. The fourth-order valence-electron chi connectivity index (χ4n) is 1.10. The van der Waals surface area contributed by atoms with Crippen molar-refractivity contribution in [1.82, 2.24) is 0 Å². The molecule has 1 aromatic rings. The zero-order chi connectivity index (χ0) is 10.8. The van der Waals surface area contributed by atoms with E-state index in [0.717, 1.165) is 5.56 Å². The zero-order valence-electron chi connectivity index (χ0n) is 7.97. The average Bonchev–Trinajstić information content (AvgIpc) is 2.15. The highest BCUT2D eigenvalue weighted by atomic mass is 32.2. The molecule has 0 aliphatic rings. The summed E-state index contributed by atoms with van der Waals surface area (Å²) < 4.78 is 22.3. The molecule has 5 heteroatoms. The maximum atomic E-state index is 11.1. The summed E-state index contributed by atoms with van der Waals surface area (Å²) in [6.45, 7) is 0.345. The van der Waals surface area contributed by atoms with Gasteiger partial charge in [0, 0.05) is 18.8 Å². The van der Waals surface area contributed by atoms with Gasteiger partial charge in [-0.2, -0.15) is 0 Å². The van der Waals surface area contributed by atoms with Crippen LogP contribution in [0.15, 0.2) is 29.2 Å². The summed E-state index contributed by atoms with van der Waals surface area (Å²) in [5, 5.41) is 0. The minimum absolute atomic E-state index is 0.233. The second-order valence-corrected chi connectivity index (χ2v) is 5.20. The normalized spacial score (nSPS) is 13.9. The first-order valence-corrected chi connectivity index (χ1v) is 6.10. The van der Waals surface area contributed by atoms with E-state index in [0.29, 0.717) is 11.4 Å². The molecule has 4 N–H and O–H groups in total. The molecule has 0 bridgehead atoms. The average molecular weight is 214 g/mol. The van der Waals surface area contributed by atoms with Crippen molar-refractivity contribution in [2.24, 2.45) is 11.5 Å². The Bertz CT molecular complexity index is 397. The highest BCUT2D eigenvalue weighted by Gasteiger charge is 2.08. The van der Waals surface area contributed by atoms with E-state index in [1.807, 2.05) is 0 Å². The highest BCUT2D eigenvalue weighted by Crippen LogP contribution is 2.13. The summed E-state index contributed by atoms with van der Waals surface area (Å²) in [6.07, 6.45) is 1.17. The summed E-state index contributed by atoms with van der Waals surface area (Å²) >= 11 is 0. The number of hydrogen-bond acceptors (Lipinski definition) is 4. The molecule has 1 rings (SSSR count). The van der Waals surface area contributed by atoms with Gasteiger partial charge in [0.25, 0.3) is 0 Å². The summed E-state index contributed by atoms with van der Waals surface area (Å²) in [4.78, 5) is 0.297. The first-order chi connectivity index (χ1) is 6.45. The van der Waals surface area contributed by atoms with Crippen LogP contribution in [0.5, 0.6) is 0 Å². The Hall–Kier alpha value is -0.910. The van der Waals surface area contributed by atoms with E-state index in [9.17, 15) is 8.42 Å². The fourth-order valence-corrected chi connectivity index (χ4v) is 1.73. The molecule has 4 nitrogen and oxygen atoms in total. The maximum Gasteiger partial charge on any atom is 0.175 e. The van der Waals surface area contributed by atoms with Crippen molar-refractivity contribution < 1.29 is 8.42 Å². The van der Waals surface area contributed by atoms with E-state index in [2.05, 4.69) is 0 Å². The van der Waals surface area contributed by atoms with Crippen molar-refractivity contribution in [3.63, 3.8) is 0 Å². The summed E-state index contributed by atoms with van der Waals surface area (Å²) in [5.74, 6) is 0. The molecule has 0 radical (unpaired) electrons. The van der Waals surface area contributed by atoms with Gasteiger partial charge in [0.05, 0.1) is 4.90 Å². The van der Waals surface area contributed by atoms with Gasteiger partial charge in [-0.15, -0.1) is 0 Å². The second-order valence-electron chi connectivity index (χ2n) is 3.18.